The molecule has 5 heteroatoms. The van der Waals surface area contributed by atoms with Crippen LogP contribution in [0.1, 0.15) is 66.7 Å². The van der Waals surface area contributed by atoms with Crippen LogP contribution in [-0.4, -0.2) is 34.3 Å². The van der Waals surface area contributed by atoms with Gasteiger partial charge in [0.2, 0.25) is 0 Å². The quantitative estimate of drug-likeness (QED) is 0.515. The van der Waals surface area contributed by atoms with Gasteiger partial charge in [0.15, 0.2) is 17.3 Å². The largest absolute Gasteiger partial charge is 0.393 e. The first-order valence-corrected chi connectivity index (χ1v) is 11.6. The normalized spacial score (nSPS) is 45.7. The number of hydrogen-bond donors (Lipinski definition) is 1. The maximum absolute atomic E-state index is 13.5. The van der Waals surface area contributed by atoms with E-state index in [1.54, 1.807) is 26.8 Å². The van der Waals surface area contributed by atoms with Crippen molar-refractivity contribution in [2.75, 3.05) is 0 Å². The summed E-state index contributed by atoms with van der Waals surface area (Å²) in [6.45, 7) is 9.01. The zero-order valence-electron chi connectivity index (χ0n) is 19.1. The molecular formula is C26H32O5. The van der Waals surface area contributed by atoms with E-state index < -0.39 is 16.9 Å². The molecule has 0 aromatic carbocycles. The fourth-order valence-corrected chi connectivity index (χ4v) is 8.50. The lowest BCUT2D eigenvalue weighted by atomic mass is 9.45. The summed E-state index contributed by atoms with van der Waals surface area (Å²) in [6.07, 6.45) is 4.74. The maximum Gasteiger partial charge on any atom is 0.189 e. The molecule has 7 atom stereocenters. The topological polar surface area (TPSA) is 88.5 Å². The third kappa shape index (κ3) is 2.31. The molecule has 3 saturated carbocycles. The summed E-state index contributed by atoms with van der Waals surface area (Å²) in [5, 5.41) is 11.5. The lowest BCUT2D eigenvalue weighted by molar-refractivity contribution is -0.140. The Labute approximate surface area is 183 Å². The Hall–Kier alpha value is -1.88. The molecule has 0 spiro atoms. The predicted octanol–water partition coefficient (Wildman–Crippen LogP) is 3.39. The van der Waals surface area contributed by atoms with Gasteiger partial charge in [-0.2, -0.15) is 0 Å². The molecule has 3 fully saturated rings. The minimum absolute atomic E-state index is 0.0332. The summed E-state index contributed by atoms with van der Waals surface area (Å²) < 4.78 is 0. The third-order valence-corrected chi connectivity index (χ3v) is 9.93. The number of rotatable bonds is 1. The summed E-state index contributed by atoms with van der Waals surface area (Å²) in [4.78, 5) is 51.9. The van der Waals surface area contributed by atoms with E-state index in [1.165, 1.54) is 0 Å². The van der Waals surface area contributed by atoms with Crippen LogP contribution in [0.25, 0.3) is 0 Å². The Morgan fingerprint density at radius 1 is 1.03 bits per heavy atom. The van der Waals surface area contributed by atoms with Gasteiger partial charge in [-0.15, -0.1) is 0 Å². The number of allylic oxidation sites excluding steroid dienone is 4. The van der Waals surface area contributed by atoms with Crippen LogP contribution in [0.15, 0.2) is 22.8 Å². The Bertz CT molecular complexity index is 1010. The van der Waals surface area contributed by atoms with Gasteiger partial charge in [-0.05, 0) is 76.2 Å². The van der Waals surface area contributed by atoms with Gasteiger partial charge in [0.25, 0.3) is 0 Å². The van der Waals surface area contributed by atoms with Crippen LogP contribution in [0.3, 0.4) is 0 Å². The first-order valence-electron chi connectivity index (χ1n) is 11.6. The highest BCUT2D eigenvalue weighted by Gasteiger charge is 2.67. The molecule has 0 heterocycles. The molecule has 31 heavy (non-hydrogen) atoms. The monoisotopic (exact) mass is 424 g/mol. The third-order valence-electron chi connectivity index (χ3n) is 9.93. The molecule has 0 aromatic heterocycles. The van der Waals surface area contributed by atoms with Gasteiger partial charge < -0.3 is 5.11 Å². The summed E-state index contributed by atoms with van der Waals surface area (Å²) in [5.74, 6) is -0.590. The molecule has 0 amide bonds. The van der Waals surface area contributed by atoms with Crippen molar-refractivity contribution < 1.29 is 24.3 Å². The van der Waals surface area contributed by atoms with Crippen molar-refractivity contribution in [2.24, 2.45) is 39.9 Å². The number of carbonyl (C=O) groups is 4. The SMILES string of the molecule is CC(=O)[C@H]1CC[C@H]2[C@@H]3CCC4=CC(=O)C5=C(C(=O)C(C)(C)C5=O)[C@]4(C)[C@H]3[C@@H](O)C[C@]12C. The van der Waals surface area contributed by atoms with Crippen LogP contribution in [0, 0.1) is 39.9 Å². The molecule has 0 aromatic rings. The molecule has 5 aliphatic rings. The first kappa shape index (κ1) is 21.0. The predicted molar refractivity (Wildman–Crippen MR) is 114 cm³/mol. The zero-order chi connectivity index (χ0) is 22.7. The molecule has 0 aliphatic heterocycles. The number of fused-ring (bicyclic) bond motifs is 6. The number of carbonyl (C=O) groups excluding carboxylic acids is 4. The molecule has 5 nitrogen and oxygen atoms in total. The molecule has 0 saturated heterocycles. The number of aliphatic hydroxyl groups is 1. The molecule has 0 radical (unpaired) electrons. The van der Waals surface area contributed by atoms with E-state index in [0.717, 1.165) is 24.8 Å². The highest BCUT2D eigenvalue weighted by Crippen LogP contribution is 2.68. The summed E-state index contributed by atoms with van der Waals surface area (Å²) >= 11 is 0. The minimum atomic E-state index is -1.24. The Morgan fingerprint density at radius 3 is 2.35 bits per heavy atom. The van der Waals surface area contributed by atoms with Gasteiger partial charge in [-0.25, -0.2) is 0 Å². The van der Waals surface area contributed by atoms with Gasteiger partial charge in [-0.3, -0.25) is 19.2 Å². The highest BCUT2D eigenvalue weighted by molar-refractivity contribution is 6.40. The number of Topliss-reactive ketones (excluding diaryl/α,β-unsaturated/α-hetero) is 3. The molecule has 1 N–H and O–H groups in total. The van der Waals surface area contributed by atoms with Crippen molar-refractivity contribution in [3.05, 3.63) is 22.8 Å². The minimum Gasteiger partial charge on any atom is -0.393 e. The van der Waals surface area contributed by atoms with Crippen molar-refractivity contribution in [1.82, 2.24) is 0 Å². The van der Waals surface area contributed by atoms with Crippen LogP contribution in [0.2, 0.25) is 0 Å². The molecule has 166 valence electrons. The van der Waals surface area contributed by atoms with Crippen molar-refractivity contribution in [3.8, 4) is 0 Å². The number of hydrogen-bond acceptors (Lipinski definition) is 5. The van der Waals surface area contributed by atoms with Crippen molar-refractivity contribution >= 4 is 23.1 Å². The average Bonchev–Trinajstić information content (AvgIpc) is 3.10. The van der Waals surface area contributed by atoms with Crippen LogP contribution < -0.4 is 0 Å². The van der Waals surface area contributed by atoms with E-state index in [1.807, 2.05) is 6.92 Å². The average molecular weight is 425 g/mol. The fourth-order valence-electron chi connectivity index (χ4n) is 8.50. The molecule has 5 aliphatic carbocycles. The lowest BCUT2D eigenvalue weighted by Crippen LogP contribution is -2.58. The summed E-state index contributed by atoms with van der Waals surface area (Å²) in [6, 6.07) is 0. The second-order valence-corrected chi connectivity index (χ2v) is 11.6. The Kier molecular flexibility index (Phi) is 4.15. The van der Waals surface area contributed by atoms with Crippen LogP contribution >= 0.6 is 0 Å². The molecule has 0 bridgehead atoms. The van der Waals surface area contributed by atoms with Gasteiger partial charge in [0, 0.05) is 22.8 Å². The van der Waals surface area contributed by atoms with E-state index in [9.17, 15) is 24.3 Å². The second-order valence-electron chi connectivity index (χ2n) is 11.6. The Balaban J connectivity index is 1.66. The summed E-state index contributed by atoms with van der Waals surface area (Å²) in [5.41, 5.74) is -0.984. The summed E-state index contributed by atoms with van der Waals surface area (Å²) in [7, 11) is 0. The van der Waals surface area contributed by atoms with E-state index in [0.29, 0.717) is 24.3 Å². The standard InChI is InChI=1S/C26H32O5/c1-12(27)15-8-9-16-14-7-6-13-10-17(28)19-21(23(31)24(2,3)22(19)30)26(13,5)20(14)18(29)11-25(15,16)4/h10,14-16,18,20,29H,6-9,11H2,1-5H3/t14-,15+,16-,18-,20+,25+,26-/m0/s1. The number of aliphatic hydroxyl groups excluding tert-OH is 1. The van der Waals surface area contributed by atoms with Crippen LogP contribution in [-0.2, 0) is 19.2 Å². The lowest BCUT2D eigenvalue weighted by Gasteiger charge is -2.59. The maximum atomic E-state index is 13.5. The van der Waals surface area contributed by atoms with Gasteiger partial charge in [-0.1, -0.05) is 19.4 Å². The van der Waals surface area contributed by atoms with E-state index in [-0.39, 0.29) is 51.9 Å². The van der Waals surface area contributed by atoms with E-state index >= 15 is 0 Å². The fraction of sp³-hybridized carbons (Fsp3) is 0.692. The highest BCUT2D eigenvalue weighted by atomic mass is 16.3. The molecular weight excluding hydrogens is 392 g/mol. The van der Waals surface area contributed by atoms with Crippen LogP contribution in [0.5, 0.6) is 0 Å². The first-order chi connectivity index (χ1) is 14.4. The van der Waals surface area contributed by atoms with Crippen molar-refractivity contribution in [3.63, 3.8) is 0 Å². The second kappa shape index (κ2) is 6.12. The zero-order valence-corrected chi connectivity index (χ0v) is 19.1. The van der Waals surface area contributed by atoms with E-state index in [2.05, 4.69) is 6.92 Å². The van der Waals surface area contributed by atoms with Crippen LogP contribution in [0.4, 0.5) is 0 Å². The smallest absolute Gasteiger partial charge is 0.189 e. The van der Waals surface area contributed by atoms with Gasteiger partial charge >= 0.3 is 0 Å². The van der Waals surface area contributed by atoms with Crippen molar-refractivity contribution in [1.29, 1.82) is 0 Å². The van der Waals surface area contributed by atoms with Gasteiger partial charge in [0.05, 0.1) is 17.1 Å². The van der Waals surface area contributed by atoms with E-state index in [4.69, 9.17) is 0 Å². The van der Waals surface area contributed by atoms with Gasteiger partial charge in [0.1, 0.15) is 5.78 Å². The Morgan fingerprint density at radius 2 is 1.71 bits per heavy atom. The molecule has 5 rings (SSSR count). The molecule has 0 unspecified atom stereocenters. The van der Waals surface area contributed by atoms with Crippen molar-refractivity contribution in [2.45, 2.75) is 72.8 Å². The number of ketones is 4.